The number of carbonyl (C=O) groups is 1. The highest BCUT2D eigenvalue weighted by Gasteiger charge is 2.26. The van der Waals surface area contributed by atoms with Crippen molar-refractivity contribution in [1.29, 1.82) is 0 Å². The average molecular weight is 279 g/mol. The Balaban J connectivity index is 2.24. The quantitative estimate of drug-likeness (QED) is 0.814. The monoisotopic (exact) mass is 279 g/mol. The lowest BCUT2D eigenvalue weighted by Crippen LogP contribution is -2.41. The number of nitrogens with zero attached hydrogens (tertiary/aromatic N) is 1. The maximum Gasteiger partial charge on any atom is 0.264 e. The molecule has 1 aliphatic rings. The Morgan fingerprint density at radius 1 is 1.32 bits per heavy atom. The fourth-order valence-electron chi connectivity index (χ4n) is 3.00. The molecule has 1 aromatic heterocycles. The van der Waals surface area contributed by atoms with Gasteiger partial charge in [0.15, 0.2) is 0 Å². The number of hydrogen-bond donors (Lipinski definition) is 0. The molecule has 0 N–H and O–H groups in total. The van der Waals surface area contributed by atoms with E-state index >= 15 is 0 Å². The molecule has 0 saturated heterocycles. The van der Waals surface area contributed by atoms with Crippen molar-refractivity contribution < 1.29 is 4.79 Å². The predicted octanol–water partition coefficient (Wildman–Crippen LogP) is 4.13. The van der Waals surface area contributed by atoms with Gasteiger partial charge in [-0.05, 0) is 64.5 Å². The molecule has 0 aliphatic heterocycles. The molecule has 0 saturated carbocycles. The van der Waals surface area contributed by atoms with Crippen molar-refractivity contribution in [2.45, 2.75) is 66.0 Å². The van der Waals surface area contributed by atoms with E-state index < -0.39 is 0 Å². The lowest BCUT2D eigenvalue weighted by molar-refractivity contribution is 0.0649. The first-order valence-electron chi connectivity index (χ1n) is 7.34. The van der Waals surface area contributed by atoms with Gasteiger partial charge >= 0.3 is 0 Å². The van der Waals surface area contributed by atoms with Gasteiger partial charge in [-0.15, -0.1) is 11.3 Å². The van der Waals surface area contributed by atoms with E-state index in [0.717, 1.165) is 23.6 Å². The third kappa shape index (κ3) is 3.02. The van der Waals surface area contributed by atoms with Crippen molar-refractivity contribution in [2.24, 2.45) is 5.92 Å². The van der Waals surface area contributed by atoms with Crippen LogP contribution in [0.4, 0.5) is 0 Å². The molecule has 1 heterocycles. The van der Waals surface area contributed by atoms with Gasteiger partial charge in [0.2, 0.25) is 0 Å². The number of rotatable bonds is 3. The average Bonchev–Trinajstić information content (AvgIpc) is 2.70. The van der Waals surface area contributed by atoms with Crippen molar-refractivity contribution >= 4 is 17.2 Å². The molecular weight excluding hydrogens is 254 g/mol. The zero-order valence-electron chi connectivity index (χ0n) is 12.7. The normalized spacial score (nSPS) is 18.8. The van der Waals surface area contributed by atoms with Crippen LogP contribution in [0.25, 0.3) is 0 Å². The van der Waals surface area contributed by atoms with Gasteiger partial charge < -0.3 is 4.90 Å². The Morgan fingerprint density at radius 2 is 1.95 bits per heavy atom. The van der Waals surface area contributed by atoms with Crippen LogP contribution >= 0.6 is 11.3 Å². The number of fused-ring (bicyclic) bond motifs is 1. The smallest absolute Gasteiger partial charge is 0.264 e. The molecular formula is C16H25NOS. The Hall–Kier alpha value is -0.830. The molecule has 2 nitrogen and oxygen atoms in total. The third-order valence-corrected chi connectivity index (χ3v) is 5.11. The Labute approximate surface area is 120 Å². The summed E-state index contributed by atoms with van der Waals surface area (Å²) in [5.41, 5.74) is 1.42. The van der Waals surface area contributed by atoms with E-state index in [1.165, 1.54) is 16.9 Å². The van der Waals surface area contributed by atoms with Gasteiger partial charge in [-0.25, -0.2) is 0 Å². The highest BCUT2D eigenvalue weighted by Crippen LogP contribution is 2.33. The minimum Gasteiger partial charge on any atom is -0.333 e. The maximum absolute atomic E-state index is 12.7. The first kappa shape index (κ1) is 14.6. The summed E-state index contributed by atoms with van der Waals surface area (Å²) in [5, 5.41) is 0. The van der Waals surface area contributed by atoms with E-state index in [9.17, 15) is 4.79 Å². The Bertz CT molecular complexity index is 453. The van der Waals surface area contributed by atoms with Crippen LogP contribution in [0.1, 0.15) is 61.2 Å². The number of thiophene rings is 1. The Morgan fingerprint density at radius 3 is 2.53 bits per heavy atom. The molecule has 1 amide bonds. The van der Waals surface area contributed by atoms with Crippen molar-refractivity contribution in [3.8, 4) is 0 Å². The van der Waals surface area contributed by atoms with Gasteiger partial charge in [0.1, 0.15) is 0 Å². The standard InChI is InChI=1S/C16H25NOS/c1-10(2)17(11(3)4)16(18)15-9-13-8-12(5)6-7-14(13)19-15/h9-12H,6-8H2,1-5H3. The second-order valence-electron chi connectivity index (χ2n) is 6.31. The van der Waals surface area contributed by atoms with Crippen molar-refractivity contribution in [3.63, 3.8) is 0 Å². The van der Waals surface area contributed by atoms with Crippen molar-refractivity contribution in [1.82, 2.24) is 4.90 Å². The minimum absolute atomic E-state index is 0.206. The molecule has 1 unspecified atom stereocenters. The second-order valence-corrected chi connectivity index (χ2v) is 7.44. The summed E-state index contributed by atoms with van der Waals surface area (Å²) in [6, 6.07) is 2.66. The van der Waals surface area contributed by atoms with Crippen LogP contribution in [-0.4, -0.2) is 22.9 Å². The molecule has 0 radical (unpaired) electrons. The van der Waals surface area contributed by atoms with E-state index in [1.54, 1.807) is 11.3 Å². The third-order valence-electron chi connectivity index (χ3n) is 3.89. The van der Waals surface area contributed by atoms with Crippen LogP contribution < -0.4 is 0 Å². The van der Waals surface area contributed by atoms with Crippen LogP contribution in [0.2, 0.25) is 0 Å². The maximum atomic E-state index is 12.7. The van der Waals surface area contributed by atoms with E-state index in [0.29, 0.717) is 0 Å². The number of hydrogen-bond acceptors (Lipinski definition) is 2. The van der Waals surface area contributed by atoms with Gasteiger partial charge in [0.05, 0.1) is 4.88 Å². The van der Waals surface area contributed by atoms with Gasteiger partial charge in [0.25, 0.3) is 5.91 Å². The van der Waals surface area contributed by atoms with Crippen molar-refractivity contribution in [2.75, 3.05) is 0 Å². The fourth-order valence-corrected chi connectivity index (χ4v) is 4.16. The number of carbonyl (C=O) groups excluding carboxylic acids is 1. The Kier molecular flexibility index (Phi) is 4.34. The fraction of sp³-hybridized carbons (Fsp3) is 0.688. The van der Waals surface area contributed by atoms with Gasteiger partial charge in [0, 0.05) is 17.0 Å². The zero-order valence-corrected chi connectivity index (χ0v) is 13.5. The molecule has 1 atom stereocenters. The summed E-state index contributed by atoms with van der Waals surface area (Å²) in [6.45, 7) is 10.7. The van der Waals surface area contributed by atoms with Crippen LogP contribution in [0, 0.1) is 5.92 Å². The predicted molar refractivity (Wildman–Crippen MR) is 81.9 cm³/mol. The molecule has 1 aliphatic carbocycles. The highest BCUT2D eigenvalue weighted by atomic mass is 32.1. The summed E-state index contributed by atoms with van der Waals surface area (Å²) in [4.78, 5) is 17.0. The highest BCUT2D eigenvalue weighted by molar-refractivity contribution is 7.14. The van der Waals surface area contributed by atoms with Crippen LogP contribution in [0.15, 0.2) is 6.07 Å². The van der Waals surface area contributed by atoms with Gasteiger partial charge in [-0.2, -0.15) is 0 Å². The largest absolute Gasteiger partial charge is 0.333 e. The van der Waals surface area contributed by atoms with E-state index in [4.69, 9.17) is 0 Å². The summed E-state index contributed by atoms with van der Waals surface area (Å²) in [6.07, 6.45) is 3.56. The topological polar surface area (TPSA) is 20.3 Å². The van der Waals surface area contributed by atoms with E-state index in [2.05, 4.69) is 40.7 Å². The molecule has 1 aromatic rings. The number of aryl methyl sites for hydroxylation is 1. The molecule has 2 rings (SSSR count). The lowest BCUT2D eigenvalue weighted by atomic mass is 9.90. The van der Waals surface area contributed by atoms with Crippen molar-refractivity contribution in [3.05, 3.63) is 21.4 Å². The zero-order chi connectivity index (χ0) is 14.2. The van der Waals surface area contributed by atoms with Gasteiger partial charge in [-0.1, -0.05) is 6.92 Å². The summed E-state index contributed by atoms with van der Waals surface area (Å²) in [5.74, 6) is 0.966. The molecule has 106 valence electrons. The first-order chi connectivity index (χ1) is 8.90. The lowest BCUT2D eigenvalue weighted by Gasteiger charge is -2.30. The molecule has 3 heteroatoms. The van der Waals surface area contributed by atoms with Crippen LogP contribution in [-0.2, 0) is 12.8 Å². The summed E-state index contributed by atoms with van der Waals surface area (Å²) < 4.78 is 0. The molecule has 0 aromatic carbocycles. The van der Waals surface area contributed by atoms with E-state index in [-0.39, 0.29) is 18.0 Å². The first-order valence-corrected chi connectivity index (χ1v) is 8.16. The van der Waals surface area contributed by atoms with E-state index in [1.807, 2.05) is 4.90 Å². The summed E-state index contributed by atoms with van der Waals surface area (Å²) in [7, 11) is 0. The number of amides is 1. The molecule has 19 heavy (non-hydrogen) atoms. The van der Waals surface area contributed by atoms with Crippen LogP contribution in [0.5, 0.6) is 0 Å². The summed E-state index contributed by atoms with van der Waals surface area (Å²) >= 11 is 1.72. The van der Waals surface area contributed by atoms with Gasteiger partial charge in [-0.3, -0.25) is 4.79 Å². The second kappa shape index (κ2) is 5.66. The SMILES string of the molecule is CC1CCc2sc(C(=O)N(C(C)C)C(C)C)cc2C1. The molecule has 0 fully saturated rings. The minimum atomic E-state index is 0.206. The molecule has 0 spiro atoms. The van der Waals surface area contributed by atoms with Crippen LogP contribution in [0.3, 0.4) is 0 Å². The molecule has 0 bridgehead atoms.